The van der Waals surface area contributed by atoms with Gasteiger partial charge < -0.3 is 4.74 Å². The van der Waals surface area contributed by atoms with Crippen LogP contribution in [0.1, 0.15) is 17.1 Å². The summed E-state index contributed by atoms with van der Waals surface area (Å²) in [5.41, 5.74) is 5.93. The molecule has 0 spiro atoms. The smallest absolute Gasteiger partial charge is 0.163 e. The highest BCUT2D eigenvalue weighted by molar-refractivity contribution is 5.80. The van der Waals surface area contributed by atoms with E-state index in [1.807, 2.05) is 73.0 Å². The standard InChI is InChI=1S/C21H19N3O/c1-15-13-16(2)24-21(22-15)20(17-9-5-3-6-10-17)19(23-24)14-25-18-11-7-4-8-12-18/h3-13H,14H2,1-2H3. The van der Waals surface area contributed by atoms with E-state index in [-0.39, 0.29) is 0 Å². The summed E-state index contributed by atoms with van der Waals surface area (Å²) in [6, 6.07) is 22.1. The molecule has 25 heavy (non-hydrogen) atoms. The summed E-state index contributed by atoms with van der Waals surface area (Å²) in [6.07, 6.45) is 0. The van der Waals surface area contributed by atoms with Crippen molar-refractivity contribution in [3.8, 4) is 16.9 Å². The maximum absolute atomic E-state index is 5.95. The molecule has 0 aliphatic rings. The lowest BCUT2D eigenvalue weighted by molar-refractivity contribution is 0.301. The summed E-state index contributed by atoms with van der Waals surface area (Å²) in [6.45, 7) is 4.45. The summed E-state index contributed by atoms with van der Waals surface area (Å²) in [7, 11) is 0. The third-order valence-electron chi connectivity index (χ3n) is 4.15. The maximum atomic E-state index is 5.95. The van der Waals surface area contributed by atoms with Crippen molar-refractivity contribution in [3.63, 3.8) is 0 Å². The number of nitrogens with zero attached hydrogens (tertiary/aromatic N) is 3. The number of hydrogen-bond donors (Lipinski definition) is 0. The molecule has 0 aliphatic heterocycles. The van der Waals surface area contributed by atoms with Crippen LogP contribution in [-0.2, 0) is 6.61 Å². The average molecular weight is 329 g/mol. The SMILES string of the molecule is Cc1cc(C)n2nc(COc3ccccc3)c(-c3ccccc3)c2n1. The fourth-order valence-electron chi connectivity index (χ4n) is 3.03. The van der Waals surface area contributed by atoms with Gasteiger partial charge in [-0.05, 0) is 37.6 Å². The van der Waals surface area contributed by atoms with E-state index in [9.17, 15) is 0 Å². The number of para-hydroxylation sites is 1. The second-order valence-corrected chi connectivity index (χ2v) is 6.06. The van der Waals surface area contributed by atoms with Crippen LogP contribution >= 0.6 is 0 Å². The minimum Gasteiger partial charge on any atom is -0.487 e. The van der Waals surface area contributed by atoms with Crippen LogP contribution < -0.4 is 4.74 Å². The van der Waals surface area contributed by atoms with E-state index >= 15 is 0 Å². The highest BCUT2D eigenvalue weighted by Crippen LogP contribution is 2.29. The van der Waals surface area contributed by atoms with E-state index in [2.05, 4.69) is 12.1 Å². The largest absolute Gasteiger partial charge is 0.487 e. The Hall–Kier alpha value is -3.14. The van der Waals surface area contributed by atoms with Crippen LogP contribution in [0.2, 0.25) is 0 Å². The molecule has 4 nitrogen and oxygen atoms in total. The van der Waals surface area contributed by atoms with Crippen molar-refractivity contribution >= 4 is 5.65 Å². The number of fused-ring (bicyclic) bond motifs is 1. The molecule has 0 aliphatic carbocycles. The minimum atomic E-state index is 0.399. The number of rotatable bonds is 4. The average Bonchev–Trinajstić information content (AvgIpc) is 3.00. The number of hydrogen-bond acceptors (Lipinski definition) is 3. The molecule has 4 aromatic rings. The Balaban J connectivity index is 1.83. The first-order valence-corrected chi connectivity index (χ1v) is 8.31. The first-order chi connectivity index (χ1) is 12.2. The summed E-state index contributed by atoms with van der Waals surface area (Å²) < 4.78 is 7.85. The van der Waals surface area contributed by atoms with E-state index < -0.39 is 0 Å². The Bertz CT molecular complexity index is 1010. The molecule has 124 valence electrons. The monoisotopic (exact) mass is 329 g/mol. The van der Waals surface area contributed by atoms with Crippen molar-refractivity contribution in [1.82, 2.24) is 14.6 Å². The lowest BCUT2D eigenvalue weighted by Crippen LogP contribution is -1.99. The van der Waals surface area contributed by atoms with Crippen molar-refractivity contribution in [1.29, 1.82) is 0 Å². The van der Waals surface area contributed by atoms with Crippen LogP contribution in [0.4, 0.5) is 0 Å². The van der Waals surface area contributed by atoms with Crippen LogP contribution in [0.15, 0.2) is 66.7 Å². The molecular formula is C21H19N3O. The van der Waals surface area contributed by atoms with E-state index in [0.717, 1.165) is 39.6 Å². The number of benzene rings is 2. The fourth-order valence-corrected chi connectivity index (χ4v) is 3.03. The van der Waals surface area contributed by atoms with E-state index in [1.54, 1.807) is 0 Å². The van der Waals surface area contributed by atoms with Gasteiger partial charge in [0.25, 0.3) is 0 Å². The Morgan fingerprint density at radius 3 is 2.32 bits per heavy atom. The van der Waals surface area contributed by atoms with E-state index in [0.29, 0.717) is 6.61 Å². The number of aromatic nitrogens is 3. The van der Waals surface area contributed by atoms with Gasteiger partial charge >= 0.3 is 0 Å². The van der Waals surface area contributed by atoms with Gasteiger partial charge in [0.1, 0.15) is 18.1 Å². The van der Waals surface area contributed by atoms with Gasteiger partial charge in [-0.3, -0.25) is 0 Å². The van der Waals surface area contributed by atoms with Crippen LogP contribution in [0.3, 0.4) is 0 Å². The Morgan fingerprint density at radius 1 is 0.920 bits per heavy atom. The Morgan fingerprint density at radius 2 is 1.60 bits per heavy atom. The van der Waals surface area contributed by atoms with Crippen molar-refractivity contribution in [3.05, 3.63) is 83.8 Å². The highest BCUT2D eigenvalue weighted by atomic mass is 16.5. The molecule has 0 bridgehead atoms. The zero-order valence-corrected chi connectivity index (χ0v) is 14.3. The molecule has 0 unspecified atom stereocenters. The molecule has 4 heteroatoms. The van der Waals surface area contributed by atoms with Gasteiger partial charge in [0.05, 0.1) is 5.56 Å². The lowest BCUT2D eigenvalue weighted by atomic mass is 10.1. The molecule has 0 amide bonds. The molecule has 2 aromatic heterocycles. The predicted octanol–water partition coefficient (Wildman–Crippen LogP) is 4.59. The van der Waals surface area contributed by atoms with Gasteiger partial charge in [-0.1, -0.05) is 48.5 Å². The third kappa shape index (κ3) is 2.98. The first-order valence-electron chi connectivity index (χ1n) is 8.31. The van der Waals surface area contributed by atoms with E-state index in [4.69, 9.17) is 14.8 Å². The second kappa shape index (κ2) is 6.40. The Kier molecular flexibility index (Phi) is 3.94. The molecule has 2 aromatic carbocycles. The van der Waals surface area contributed by atoms with Crippen molar-refractivity contribution in [2.24, 2.45) is 0 Å². The van der Waals surface area contributed by atoms with Gasteiger partial charge in [-0.2, -0.15) is 5.10 Å². The van der Waals surface area contributed by atoms with Crippen LogP contribution in [0, 0.1) is 13.8 Å². The van der Waals surface area contributed by atoms with Crippen molar-refractivity contribution < 1.29 is 4.74 Å². The van der Waals surface area contributed by atoms with Crippen LogP contribution in [-0.4, -0.2) is 14.6 Å². The van der Waals surface area contributed by atoms with Crippen LogP contribution in [0.5, 0.6) is 5.75 Å². The molecule has 0 fully saturated rings. The number of ether oxygens (including phenoxy) is 1. The Labute approximate surface area is 146 Å². The molecular weight excluding hydrogens is 310 g/mol. The van der Waals surface area contributed by atoms with Crippen molar-refractivity contribution in [2.75, 3.05) is 0 Å². The van der Waals surface area contributed by atoms with Gasteiger partial charge in [0.2, 0.25) is 0 Å². The zero-order valence-electron chi connectivity index (χ0n) is 14.3. The number of aryl methyl sites for hydroxylation is 2. The predicted molar refractivity (Wildman–Crippen MR) is 98.7 cm³/mol. The second-order valence-electron chi connectivity index (χ2n) is 6.06. The summed E-state index contributed by atoms with van der Waals surface area (Å²) in [5, 5.41) is 4.77. The molecule has 4 rings (SSSR count). The normalized spacial score (nSPS) is 11.0. The van der Waals surface area contributed by atoms with Gasteiger partial charge in [0.15, 0.2) is 5.65 Å². The van der Waals surface area contributed by atoms with E-state index in [1.165, 1.54) is 0 Å². The molecule has 0 atom stereocenters. The van der Waals surface area contributed by atoms with Gasteiger partial charge in [0, 0.05) is 11.4 Å². The molecule has 0 N–H and O–H groups in total. The van der Waals surface area contributed by atoms with Crippen molar-refractivity contribution in [2.45, 2.75) is 20.5 Å². The topological polar surface area (TPSA) is 39.4 Å². The van der Waals surface area contributed by atoms with Gasteiger partial charge in [-0.15, -0.1) is 0 Å². The zero-order chi connectivity index (χ0) is 17.2. The fraction of sp³-hybridized carbons (Fsp3) is 0.143. The summed E-state index contributed by atoms with van der Waals surface area (Å²) in [4.78, 5) is 4.73. The molecule has 2 heterocycles. The van der Waals surface area contributed by atoms with Crippen LogP contribution in [0.25, 0.3) is 16.8 Å². The maximum Gasteiger partial charge on any atom is 0.163 e. The highest BCUT2D eigenvalue weighted by Gasteiger charge is 2.18. The lowest BCUT2D eigenvalue weighted by Gasteiger charge is -2.06. The summed E-state index contributed by atoms with van der Waals surface area (Å²) >= 11 is 0. The minimum absolute atomic E-state index is 0.399. The molecule has 0 saturated heterocycles. The molecule has 0 radical (unpaired) electrons. The quantitative estimate of drug-likeness (QED) is 0.549. The molecule has 0 saturated carbocycles. The van der Waals surface area contributed by atoms with Gasteiger partial charge in [-0.25, -0.2) is 9.50 Å². The first kappa shape index (κ1) is 15.4. The summed E-state index contributed by atoms with van der Waals surface area (Å²) in [5.74, 6) is 0.833. The third-order valence-corrected chi connectivity index (χ3v) is 4.15.